The Morgan fingerprint density at radius 1 is 0.778 bits per heavy atom. The quantitative estimate of drug-likeness (QED) is 0.436. The minimum Gasteiger partial charge on any atom is -0.323 e. The van der Waals surface area contributed by atoms with Crippen LogP contribution in [0, 0.1) is 0 Å². The molecule has 0 bridgehead atoms. The van der Waals surface area contributed by atoms with Gasteiger partial charge in [0.25, 0.3) is 11.9 Å². The lowest BCUT2D eigenvalue weighted by Gasteiger charge is -2.35. The number of hydrogen-bond donors (Lipinski definition) is 2. The van der Waals surface area contributed by atoms with Crippen LogP contribution >= 0.6 is 0 Å². The van der Waals surface area contributed by atoms with Gasteiger partial charge < -0.3 is 5.32 Å². The van der Waals surface area contributed by atoms with Gasteiger partial charge in [0.1, 0.15) is 0 Å². The maximum absolute atomic E-state index is 13.0. The van der Waals surface area contributed by atoms with Crippen molar-refractivity contribution in [2.75, 3.05) is 14.1 Å². The van der Waals surface area contributed by atoms with Crippen molar-refractivity contribution in [3.63, 3.8) is 0 Å². The van der Waals surface area contributed by atoms with Crippen molar-refractivity contribution in [2.45, 2.75) is 48.2 Å². The molecule has 0 aromatic heterocycles. The van der Waals surface area contributed by atoms with Crippen molar-refractivity contribution in [1.82, 2.24) is 5.32 Å². The summed E-state index contributed by atoms with van der Waals surface area (Å²) in [5, 5.41) is 2.75. The van der Waals surface area contributed by atoms with Crippen LogP contribution in [0.4, 0.5) is 52.7 Å². The molecule has 0 aliphatic rings. The van der Waals surface area contributed by atoms with E-state index in [-0.39, 0.29) is 0 Å². The molecule has 4 unspecified atom stereocenters. The van der Waals surface area contributed by atoms with E-state index in [0.29, 0.717) is 0 Å². The van der Waals surface area contributed by atoms with E-state index in [1.165, 1.54) is 0 Å². The Kier molecular flexibility index (Phi) is 9.92. The van der Waals surface area contributed by atoms with Crippen molar-refractivity contribution >= 4 is 10.1 Å². The fourth-order valence-electron chi connectivity index (χ4n) is 1.23. The SMILES string of the molecule is CNC.O=S(=O)(O)C(F)C(F)(F)C(F)(F)C(F)(F)C(F)C(F)C(F)C(F)F. The third kappa shape index (κ3) is 6.00. The summed E-state index contributed by atoms with van der Waals surface area (Å²) in [7, 11) is -2.97. The highest BCUT2D eigenvalue weighted by Crippen LogP contribution is 2.52. The lowest BCUT2D eigenvalue weighted by Crippen LogP contribution is -2.64. The topological polar surface area (TPSA) is 66.4 Å². The molecule has 2 N–H and O–H groups in total. The average molecular weight is 455 g/mol. The zero-order valence-corrected chi connectivity index (χ0v) is 13.9. The van der Waals surface area contributed by atoms with E-state index >= 15 is 0 Å². The number of halogens is 12. The van der Waals surface area contributed by atoms with Crippen LogP contribution in [0.15, 0.2) is 0 Å². The molecule has 0 radical (unpaired) electrons. The van der Waals surface area contributed by atoms with Gasteiger partial charge in [-0.05, 0) is 14.1 Å². The molecular weight excluding hydrogens is 442 g/mol. The van der Waals surface area contributed by atoms with Crippen LogP contribution in [0.3, 0.4) is 0 Å². The van der Waals surface area contributed by atoms with Crippen LogP contribution in [0.25, 0.3) is 0 Å². The predicted octanol–water partition coefficient (Wildman–Crippen LogP) is 3.19. The number of hydrogen-bond acceptors (Lipinski definition) is 3. The third-order valence-corrected chi connectivity index (χ3v) is 3.37. The molecule has 0 fully saturated rings. The summed E-state index contributed by atoms with van der Waals surface area (Å²) >= 11 is 0. The Morgan fingerprint density at radius 3 is 1.37 bits per heavy atom. The van der Waals surface area contributed by atoms with Crippen LogP contribution in [0.1, 0.15) is 0 Å². The van der Waals surface area contributed by atoms with Gasteiger partial charge in [-0.25, -0.2) is 26.3 Å². The van der Waals surface area contributed by atoms with Crippen molar-refractivity contribution < 1.29 is 65.7 Å². The summed E-state index contributed by atoms with van der Waals surface area (Å²) in [6.45, 7) is 0. The highest BCUT2D eigenvalue weighted by Gasteiger charge is 2.80. The molecule has 0 aliphatic carbocycles. The molecule has 17 heteroatoms. The van der Waals surface area contributed by atoms with Crippen molar-refractivity contribution in [2.24, 2.45) is 0 Å². The Balaban J connectivity index is 0. The molecule has 4 nitrogen and oxygen atoms in total. The van der Waals surface area contributed by atoms with E-state index in [2.05, 4.69) is 5.32 Å². The monoisotopic (exact) mass is 455 g/mol. The Hall–Kier alpha value is -0.970. The van der Waals surface area contributed by atoms with E-state index in [0.717, 1.165) is 0 Å². The molecular formula is C10H13F12NO3S. The first-order valence-electron chi connectivity index (χ1n) is 6.27. The zero-order chi connectivity index (χ0) is 22.6. The number of alkyl halides is 12. The van der Waals surface area contributed by atoms with Gasteiger partial charge >= 0.3 is 27.9 Å². The molecule has 0 aromatic carbocycles. The summed E-state index contributed by atoms with van der Waals surface area (Å²) in [6.07, 6.45) is -19.0. The summed E-state index contributed by atoms with van der Waals surface area (Å²) in [5.74, 6) is -21.4. The second-order valence-electron chi connectivity index (χ2n) is 4.78. The standard InChI is InChI=1S/C8H6F12O3S.C2H7N/c9-1(2(10)4(12)13)3(11)6(15,16)8(19,20)7(17,18)5(14)24(21,22)23;1-3-2/h1-5H,(H,21,22,23);3H,1-2H3. The van der Waals surface area contributed by atoms with E-state index in [1.807, 2.05) is 14.1 Å². The van der Waals surface area contributed by atoms with Gasteiger partial charge in [-0.3, -0.25) is 4.55 Å². The smallest absolute Gasteiger partial charge is 0.323 e. The Bertz CT molecular complexity index is 558. The summed E-state index contributed by atoms with van der Waals surface area (Å²) < 4.78 is 180. The predicted molar refractivity (Wildman–Crippen MR) is 67.0 cm³/mol. The second kappa shape index (κ2) is 9.49. The molecule has 4 atom stereocenters. The van der Waals surface area contributed by atoms with Crippen LogP contribution in [-0.4, -0.2) is 75.3 Å². The minimum absolute atomic E-state index is 1.88. The number of nitrogens with one attached hydrogen (secondary N) is 1. The molecule has 0 saturated carbocycles. The molecule has 0 aromatic rings. The summed E-state index contributed by atoms with van der Waals surface area (Å²) in [4.78, 5) is 0. The first kappa shape index (κ1) is 28.2. The molecule has 27 heavy (non-hydrogen) atoms. The van der Waals surface area contributed by atoms with Crippen LogP contribution in [0.2, 0.25) is 0 Å². The zero-order valence-electron chi connectivity index (χ0n) is 13.1. The van der Waals surface area contributed by atoms with E-state index in [9.17, 15) is 61.1 Å². The highest BCUT2D eigenvalue weighted by atomic mass is 32.2. The van der Waals surface area contributed by atoms with Crippen molar-refractivity contribution in [1.29, 1.82) is 0 Å². The lowest BCUT2D eigenvalue weighted by molar-refractivity contribution is -0.337. The van der Waals surface area contributed by atoms with Gasteiger partial charge in [0.05, 0.1) is 0 Å². The van der Waals surface area contributed by atoms with E-state index < -0.39 is 58.3 Å². The molecule has 0 amide bonds. The normalized spacial score (nSPS) is 18.4. The highest BCUT2D eigenvalue weighted by molar-refractivity contribution is 7.86. The maximum Gasteiger partial charge on any atom is 0.379 e. The first-order chi connectivity index (χ1) is 11.7. The van der Waals surface area contributed by atoms with Crippen molar-refractivity contribution in [3.8, 4) is 0 Å². The third-order valence-electron chi connectivity index (χ3n) is 2.55. The minimum atomic E-state index is -7.36. The lowest BCUT2D eigenvalue weighted by atomic mass is 9.96. The van der Waals surface area contributed by atoms with Gasteiger partial charge in [0, 0.05) is 0 Å². The average Bonchev–Trinajstić information content (AvgIpc) is 2.51. The van der Waals surface area contributed by atoms with Crippen LogP contribution < -0.4 is 5.32 Å². The van der Waals surface area contributed by atoms with Gasteiger partial charge in [0.2, 0.25) is 6.17 Å². The van der Waals surface area contributed by atoms with Crippen molar-refractivity contribution in [3.05, 3.63) is 0 Å². The molecule has 0 aliphatic heterocycles. The second-order valence-corrected chi connectivity index (χ2v) is 6.22. The summed E-state index contributed by atoms with van der Waals surface area (Å²) in [6, 6.07) is 0. The van der Waals surface area contributed by atoms with Gasteiger partial charge in [-0.2, -0.15) is 34.8 Å². The molecule has 166 valence electrons. The molecule has 0 saturated heterocycles. The van der Waals surface area contributed by atoms with Gasteiger partial charge in [-0.15, -0.1) is 0 Å². The van der Waals surface area contributed by atoms with E-state index in [1.54, 1.807) is 0 Å². The molecule has 0 heterocycles. The Labute approximate surface area is 144 Å². The first-order valence-corrected chi connectivity index (χ1v) is 7.78. The van der Waals surface area contributed by atoms with E-state index in [4.69, 9.17) is 4.55 Å². The van der Waals surface area contributed by atoms with Gasteiger partial charge in [0.15, 0.2) is 12.3 Å². The molecule has 0 spiro atoms. The summed E-state index contributed by atoms with van der Waals surface area (Å²) in [5.41, 5.74) is -5.41. The Morgan fingerprint density at radius 2 is 1.11 bits per heavy atom. The van der Waals surface area contributed by atoms with Crippen LogP contribution in [0.5, 0.6) is 0 Å². The number of rotatable bonds is 8. The fourth-order valence-corrected chi connectivity index (χ4v) is 1.75. The fraction of sp³-hybridized carbons (Fsp3) is 1.00. The largest absolute Gasteiger partial charge is 0.379 e. The molecule has 0 rings (SSSR count). The van der Waals surface area contributed by atoms with Gasteiger partial charge in [-0.1, -0.05) is 0 Å². The van der Waals surface area contributed by atoms with Crippen LogP contribution in [-0.2, 0) is 10.1 Å². The maximum atomic E-state index is 13.0.